The third-order valence-corrected chi connectivity index (χ3v) is 1.99. The summed E-state index contributed by atoms with van der Waals surface area (Å²) < 4.78 is 10.7. The van der Waals surface area contributed by atoms with E-state index in [9.17, 15) is 0 Å². The minimum Gasteiger partial charge on any atom is -0.493 e. The molecule has 0 bridgehead atoms. The van der Waals surface area contributed by atoms with Gasteiger partial charge in [-0.05, 0) is 17.7 Å². The van der Waals surface area contributed by atoms with Crippen LogP contribution in [0.1, 0.15) is 5.56 Å². The number of nitrogens with two attached hydrogens (primary N) is 1. The second kappa shape index (κ2) is 6.69. The fraction of sp³-hybridized carbons (Fsp3) is 0.231. The fourth-order valence-corrected chi connectivity index (χ4v) is 1.26. The average Bonchev–Trinajstić information content (AvgIpc) is 2.34. The number of benzene rings is 1. The lowest BCUT2D eigenvalue weighted by molar-refractivity contribution is 0.326. The summed E-state index contributed by atoms with van der Waals surface area (Å²) in [5, 5.41) is 0. The molecule has 1 aromatic carbocycles. The van der Waals surface area contributed by atoms with Crippen LogP contribution in [0.4, 0.5) is 0 Å². The summed E-state index contributed by atoms with van der Waals surface area (Å²) >= 11 is 0. The predicted octanol–water partition coefficient (Wildman–Crippen LogP) is 2.23. The fourth-order valence-electron chi connectivity index (χ4n) is 1.26. The quantitative estimate of drug-likeness (QED) is 0.746. The van der Waals surface area contributed by atoms with E-state index in [4.69, 9.17) is 15.2 Å². The van der Waals surface area contributed by atoms with E-state index in [1.807, 2.05) is 30.4 Å². The first-order chi connectivity index (χ1) is 7.81. The first kappa shape index (κ1) is 12.3. The molecule has 0 atom stereocenters. The molecule has 2 N–H and O–H groups in total. The van der Waals surface area contributed by atoms with E-state index < -0.39 is 0 Å². The van der Waals surface area contributed by atoms with Gasteiger partial charge in [0.05, 0.1) is 7.11 Å². The molecule has 3 heteroatoms. The third kappa shape index (κ3) is 3.44. The molecule has 0 aromatic heterocycles. The third-order valence-electron chi connectivity index (χ3n) is 1.99. The standard InChI is InChI=1S/C13H17NO2/c1-3-9-16-12-7-6-11(5-4-8-14)10-13(12)15-2/h3-7,10H,1,8-9,14H2,2H3. The lowest BCUT2D eigenvalue weighted by Gasteiger charge is -2.09. The van der Waals surface area contributed by atoms with Gasteiger partial charge >= 0.3 is 0 Å². The van der Waals surface area contributed by atoms with E-state index in [1.54, 1.807) is 13.2 Å². The molecular formula is C13H17NO2. The summed E-state index contributed by atoms with van der Waals surface area (Å²) in [5.74, 6) is 1.42. The van der Waals surface area contributed by atoms with Crippen LogP contribution in [0.3, 0.4) is 0 Å². The normalized spacial score (nSPS) is 10.4. The molecule has 0 aliphatic heterocycles. The monoisotopic (exact) mass is 219 g/mol. The van der Waals surface area contributed by atoms with Crippen molar-refractivity contribution in [2.45, 2.75) is 0 Å². The van der Waals surface area contributed by atoms with Gasteiger partial charge in [-0.25, -0.2) is 0 Å². The minimum absolute atomic E-state index is 0.467. The van der Waals surface area contributed by atoms with Gasteiger partial charge in [0.15, 0.2) is 11.5 Å². The van der Waals surface area contributed by atoms with Crippen LogP contribution in [0.5, 0.6) is 11.5 Å². The van der Waals surface area contributed by atoms with Crippen LogP contribution in [0.15, 0.2) is 36.9 Å². The Bertz CT molecular complexity index is 372. The van der Waals surface area contributed by atoms with E-state index in [0.29, 0.717) is 24.7 Å². The molecule has 86 valence electrons. The summed E-state index contributed by atoms with van der Waals surface area (Å²) in [7, 11) is 1.62. The summed E-state index contributed by atoms with van der Waals surface area (Å²) in [6.45, 7) is 4.59. The molecule has 1 rings (SSSR count). The van der Waals surface area contributed by atoms with Crippen molar-refractivity contribution >= 4 is 6.08 Å². The maximum absolute atomic E-state index is 5.44. The highest BCUT2D eigenvalue weighted by Gasteiger charge is 2.03. The Morgan fingerprint density at radius 2 is 2.19 bits per heavy atom. The van der Waals surface area contributed by atoms with Crippen molar-refractivity contribution in [1.82, 2.24) is 0 Å². The summed E-state index contributed by atoms with van der Waals surface area (Å²) in [5.41, 5.74) is 6.42. The van der Waals surface area contributed by atoms with Crippen LogP contribution in [-0.2, 0) is 0 Å². The van der Waals surface area contributed by atoms with Gasteiger partial charge in [0.2, 0.25) is 0 Å². The molecule has 0 aliphatic carbocycles. The van der Waals surface area contributed by atoms with E-state index in [0.717, 1.165) is 5.56 Å². The molecule has 1 aromatic rings. The SMILES string of the molecule is C=CCOc1ccc(C=CCN)cc1OC. The van der Waals surface area contributed by atoms with Crippen molar-refractivity contribution in [3.05, 3.63) is 42.5 Å². The highest BCUT2D eigenvalue weighted by molar-refractivity contribution is 5.56. The van der Waals surface area contributed by atoms with Gasteiger partial charge < -0.3 is 15.2 Å². The van der Waals surface area contributed by atoms with E-state index in [1.165, 1.54) is 0 Å². The zero-order valence-electron chi connectivity index (χ0n) is 9.48. The van der Waals surface area contributed by atoms with Gasteiger partial charge in [-0.3, -0.25) is 0 Å². The maximum Gasteiger partial charge on any atom is 0.161 e. The summed E-state index contributed by atoms with van der Waals surface area (Å²) in [4.78, 5) is 0. The Labute approximate surface area is 96.2 Å². The van der Waals surface area contributed by atoms with Gasteiger partial charge in [0, 0.05) is 6.54 Å². The Morgan fingerprint density at radius 1 is 1.38 bits per heavy atom. The molecule has 3 nitrogen and oxygen atoms in total. The molecule has 16 heavy (non-hydrogen) atoms. The molecule has 0 fully saturated rings. The second-order valence-electron chi connectivity index (χ2n) is 3.15. The lowest BCUT2D eigenvalue weighted by atomic mass is 10.2. The van der Waals surface area contributed by atoms with Crippen molar-refractivity contribution in [3.63, 3.8) is 0 Å². The van der Waals surface area contributed by atoms with Crippen molar-refractivity contribution in [2.24, 2.45) is 5.73 Å². The number of hydrogen-bond donors (Lipinski definition) is 1. The summed E-state index contributed by atoms with van der Waals surface area (Å²) in [6, 6.07) is 5.73. The van der Waals surface area contributed by atoms with Crippen LogP contribution < -0.4 is 15.2 Å². The number of hydrogen-bond acceptors (Lipinski definition) is 3. The highest BCUT2D eigenvalue weighted by atomic mass is 16.5. The summed E-state index contributed by atoms with van der Waals surface area (Å²) in [6.07, 6.45) is 5.53. The molecule has 0 amide bonds. The molecule has 0 saturated carbocycles. The minimum atomic E-state index is 0.467. The zero-order chi connectivity index (χ0) is 11.8. The van der Waals surface area contributed by atoms with Crippen LogP contribution in [0, 0.1) is 0 Å². The smallest absolute Gasteiger partial charge is 0.161 e. The molecule has 0 saturated heterocycles. The van der Waals surface area contributed by atoms with Crippen LogP contribution in [-0.4, -0.2) is 20.3 Å². The van der Waals surface area contributed by atoms with E-state index >= 15 is 0 Å². The molecule has 0 aliphatic rings. The predicted molar refractivity (Wildman–Crippen MR) is 66.8 cm³/mol. The lowest BCUT2D eigenvalue weighted by Crippen LogP contribution is -1.96. The van der Waals surface area contributed by atoms with Gasteiger partial charge in [0.1, 0.15) is 6.61 Å². The van der Waals surface area contributed by atoms with E-state index in [-0.39, 0.29) is 0 Å². The zero-order valence-corrected chi connectivity index (χ0v) is 9.48. The van der Waals surface area contributed by atoms with Crippen molar-refractivity contribution in [1.29, 1.82) is 0 Å². The van der Waals surface area contributed by atoms with Crippen LogP contribution in [0.2, 0.25) is 0 Å². The topological polar surface area (TPSA) is 44.5 Å². The highest BCUT2D eigenvalue weighted by Crippen LogP contribution is 2.28. The van der Waals surface area contributed by atoms with Gasteiger partial charge in [0.25, 0.3) is 0 Å². The van der Waals surface area contributed by atoms with Crippen molar-refractivity contribution < 1.29 is 9.47 Å². The first-order valence-corrected chi connectivity index (χ1v) is 5.10. The largest absolute Gasteiger partial charge is 0.493 e. The number of rotatable bonds is 6. The van der Waals surface area contributed by atoms with E-state index in [2.05, 4.69) is 6.58 Å². The maximum atomic E-state index is 5.44. The van der Waals surface area contributed by atoms with Gasteiger partial charge in [-0.2, -0.15) is 0 Å². The molecular weight excluding hydrogens is 202 g/mol. The molecule has 0 heterocycles. The average molecular weight is 219 g/mol. The van der Waals surface area contributed by atoms with Crippen LogP contribution in [0.25, 0.3) is 6.08 Å². The first-order valence-electron chi connectivity index (χ1n) is 5.10. The van der Waals surface area contributed by atoms with Crippen LogP contribution >= 0.6 is 0 Å². The number of methoxy groups -OCH3 is 1. The molecule has 0 radical (unpaired) electrons. The second-order valence-corrected chi connectivity index (χ2v) is 3.15. The Morgan fingerprint density at radius 3 is 2.81 bits per heavy atom. The van der Waals surface area contributed by atoms with Crippen molar-refractivity contribution in [3.8, 4) is 11.5 Å². The Kier molecular flexibility index (Phi) is 5.16. The molecule has 0 spiro atoms. The molecule has 0 unspecified atom stereocenters. The van der Waals surface area contributed by atoms with Gasteiger partial charge in [-0.1, -0.05) is 30.9 Å². The Balaban J connectivity index is 2.87. The Hall–Kier alpha value is -1.74. The number of ether oxygens (including phenoxy) is 2. The van der Waals surface area contributed by atoms with Gasteiger partial charge in [-0.15, -0.1) is 0 Å². The van der Waals surface area contributed by atoms with Crippen molar-refractivity contribution in [2.75, 3.05) is 20.3 Å².